The molecule has 0 saturated heterocycles. The molecule has 5 nitrogen and oxygen atoms in total. The van der Waals surface area contributed by atoms with Crippen LogP contribution in [0.4, 0.5) is 0 Å². The lowest BCUT2D eigenvalue weighted by atomic mass is 9.96. The molecule has 0 amide bonds. The lowest BCUT2D eigenvalue weighted by Gasteiger charge is -2.29. The number of rotatable bonds is 2. The standard InChI is InChI=1S/C14H16N2O3/c1-16-8-9(7-15-16)13-6-12(17)11-4-3-10(18-2)5-14(11)19-13/h3-5,7-8,12-13,17H,6H2,1-2H3/t12-,13?/m1/s1. The Balaban J connectivity index is 1.93. The number of ether oxygens (including phenoxy) is 2. The predicted molar refractivity (Wildman–Crippen MR) is 69.1 cm³/mol. The summed E-state index contributed by atoms with van der Waals surface area (Å²) in [5, 5.41) is 14.4. The molecule has 0 fully saturated rings. The Kier molecular flexibility index (Phi) is 2.91. The van der Waals surface area contributed by atoms with E-state index in [1.807, 2.05) is 25.4 Å². The first-order valence-corrected chi connectivity index (χ1v) is 6.18. The summed E-state index contributed by atoms with van der Waals surface area (Å²) in [6.07, 6.45) is 3.50. The second-order valence-corrected chi connectivity index (χ2v) is 4.71. The van der Waals surface area contributed by atoms with E-state index >= 15 is 0 Å². The molecule has 0 saturated carbocycles. The summed E-state index contributed by atoms with van der Waals surface area (Å²) in [5.74, 6) is 1.39. The maximum atomic E-state index is 10.2. The van der Waals surface area contributed by atoms with Gasteiger partial charge in [0.1, 0.15) is 17.6 Å². The van der Waals surface area contributed by atoms with Crippen LogP contribution in [0.15, 0.2) is 30.6 Å². The fourth-order valence-corrected chi connectivity index (χ4v) is 2.36. The Labute approximate surface area is 111 Å². The summed E-state index contributed by atoms with van der Waals surface area (Å²) in [4.78, 5) is 0. The Morgan fingerprint density at radius 1 is 1.47 bits per heavy atom. The van der Waals surface area contributed by atoms with Crippen molar-refractivity contribution in [3.05, 3.63) is 41.7 Å². The van der Waals surface area contributed by atoms with Gasteiger partial charge in [0.2, 0.25) is 0 Å². The van der Waals surface area contributed by atoms with E-state index in [-0.39, 0.29) is 6.10 Å². The van der Waals surface area contributed by atoms with Gasteiger partial charge in [-0.2, -0.15) is 5.10 Å². The van der Waals surface area contributed by atoms with Gasteiger partial charge in [0.05, 0.1) is 19.4 Å². The minimum atomic E-state index is -0.528. The van der Waals surface area contributed by atoms with Crippen LogP contribution in [0.5, 0.6) is 11.5 Å². The van der Waals surface area contributed by atoms with E-state index in [0.29, 0.717) is 12.2 Å². The third kappa shape index (κ3) is 2.17. The minimum absolute atomic E-state index is 0.177. The SMILES string of the molecule is COc1ccc2c(c1)OC(c1cnn(C)c1)C[C@H]2O. The van der Waals surface area contributed by atoms with Gasteiger partial charge in [0.15, 0.2) is 0 Å². The number of hydrogen-bond donors (Lipinski definition) is 1. The maximum Gasteiger partial charge on any atom is 0.130 e. The molecule has 1 aromatic carbocycles. The van der Waals surface area contributed by atoms with Crippen molar-refractivity contribution < 1.29 is 14.6 Å². The molecule has 1 unspecified atom stereocenters. The lowest BCUT2D eigenvalue weighted by Crippen LogP contribution is -2.18. The van der Waals surface area contributed by atoms with Crippen LogP contribution in [0.1, 0.15) is 29.8 Å². The van der Waals surface area contributed by atoms with Gasteiger partial charge in [-0.3, -0.25) is 4.68 Å². The number of aliphatic hydroxyl groups is 1. The second-order valence-electron chi connectivity index (χ2n) is 4.71. The number of aryl methyl sites for hydroxylation is 1. The highest BCUT2D eigenvalue weighted by atomic mass is 16.5. The highest BCUT2D eigenvalue weighted by Gasteiger charge is 2.29. The van der Waals surface area contributed by atoms with E-state index in [4.69, 9.17) is 9.47 Å². The van der Waals surface area contributed by atoms with Crippen molar-refractivity contribution in [1.29, 1.82) is 0 Å². The summed E-state index contributed by atoms with van der Waals surface area (Å²) >= 11 is 0. The first kappa shape index (κ1) is 12.0. The van der Waals surface area contributed by atoms with Gasteiger partial charge in [-0.15, -0.1) is 0 Å². The second kappa shape index (κ2) is 4.59. The molecule has 0 aliphatic carbocycles. The van der Waals surface area contributed by atoms with Crippen molar-refractivity contribution in [1.82, 2.24) is 9.78 Å². The maximum absolute atomic E-state index is 10.2. The predicted octanol–water partition coefficient (Wildman–Crippen LogP) is 1.99. The molecule has 1 N–H and O–H groups in total. The molecule has 0 radical (unpaired) electrons. The van der Waals surface area contributed by atoms with Crippen LogP contribution in [0, 0.1) is 0 Å². The van der Waals surface area contributed by atoms with Crippen LogP contribution in [0.25, 0.3) is 0 Å². The number of fused-ring (bicyclic) bond motifs is 1. The van der Waals surface area contributed by atoms with E-state index in [1.165, 1.54) is 0 Å². The Morgan fingerprint density at radius 2 is 2.32 bits per heavy atom. The molecule has 2 atom stereocenters. The molecule has 0 bridgehead atoms. The van der Waals surface area contributed by atoms with E-state index in [9.17, 15) is 5.11 Å². The van der Waals surface area contributed by atoms with Crippen LogP contribution in [0.2, 0.25) is 0 Å². The average Bonchev–Trinajstić information content (AvgIpc) is 2.84. The number of hydrogen-bond acceptors (Lipinski definition) is 4. The molecule has 3 rings (SSSR count). The Bertz CT molecular complexity index is 594. The van der Waals surface area contributed by atoms with Crippen molar-refractivity contribution in [3.63, 3.8) is 0 Å². The molecule has 1 aliphatic heterocycles. The Hall–Kier alpha value is -2.01. The van der Waals surface area contributed by atoms with Crippen LogP contribution in [0.3, 0.4) is 0 Å². The van der Waals surface area contributed by atoms with Gasteiger partial charge in [-0.1, -0.05) is 0 Å². The molecule has 1 aliphatic rings. The molecule has 1 aromatic heterocycles. The molecule has 100 valence electrons. The van der Waals surface area contributed by atoms with Crippen molar-refractivity contribution in [2.45, 2.75) is 18.6 Å². The molecule has 19 heavy (non-hydrogen) atoms. The quantitative estimate of drug-likeness (QED) is 0.897. The lowest BCUT2D eigenvalue weighted by molar-refractivity contribution is 0.0654. The highest BCUT2D eigenvalue weighted by Crippen LogP contribution is 2.42. The minimum Gasteiger partial charge on any atom is -0.497 e. The van der Waals surface area contributed by atoms with E-state index < -0.39 is 6.10 Å². The third-order valence-corrected chi connectivity index (χ3v) is 3.38. The van der Waals surface area contributed by atoms with Crippen molar-refractivity contribution in [2.75, 3.05) is 7.11 Å². The van der Waals surface area contributed by atoms with E-state index in [2.05, 4.69) is 5.10 Å². The fourth-order valence-electron chi connectivity index (χ4n) is 2.36. The molecular weight excluding hydrogens is 244 g/mol. The average molecular weight is 260 g/mol. The number of methoxy groups -OCH3 is 1. The zero-order valence-electron chi connectivity index (χ0n) is 10.9. The number of aromatic nitrogens is 2. The van der Waals surface area contributed by atoms with Gasteiger partial charge in [-0.25, -0.2) is 0 Å². The molecule has 2 aromatic rings. The van der Waals surface area contributed by atoms with Gasteiger partial charge in [-0.05, 0) is 12.1 Å². The third-order valence-electron chi connectivity index (χ3n) is 3.38. The number of benzene rings is 1. The molecule has 5 heteroatoms. The van der Waals surface area contributed by atoms with Gasteiger partial charge >= 0.3 is 0 Å². The van der Waals surface area contributed by atoms with E-state index in [0.717, 1.165) is 16.9 Å². The summed E-state index contributed by atoms with van der Waals surface area (Å²) in [5.41, 5.74) is 1.77. The highest BCUT2D eigenvalue weighted by molar-refractivity contribution is 5.43. The van der Waals surface area contributed by atoms with Crippen LogP contribution < -0.4 is 9.47 Å². The monoisotopic (exact) mass is 260 g/mol. The largest absolute Gasteiger partial charge is 0.497 e. The number of nitrogens with zero attached hydrogens (tertiary/aromatic N) is 2. The first-order valence-electron chi connectivity index (χ1n) is 6.18. The number of aliphatic hydroxyl groups excluding tert-OH is 1. The summed E-state index contributed by atoms with van der Waals surface area (Å²) in [7, 11) is 3.47. The molecule has 0 spiro atoms. The Morgan fingerprint density at radius 3 is 3.00 bits per heavy atom. The summed E-state index contributed by atoms with van der Waals surface area (Å²) in [6, 6.07) is 5.48. The normalized spacial score (nSPS) is 21.6. The van der Waals surface area contributed by atoms with Gasteiger partial charge in [0.25, 0.3) is 0 Å². The topological polar surface area (TPSA) is 56.5 Å². The molecule has 2 heterocycles. The zero-order chi connectivity index (χ0) is 13.4. The van der Waals surface area contributed by atoms with Gasteiger partial charge < -0.3 is 14.6 Å². The van der Waals surface area contributed by atoms with Crippen LogP contribution in [-0.2, 0) is 7.05 Å². The van der Waals surface area contributed by atoms with Crippen molar-refractivity contribution in [3.8, 4) is 11.5 Å². The summed E-state index contributed by atoms with van der Waals surface area (Å²) < 4.78 is 12.9. The fraction of sp³-hybridized carbons (Fsp3) is 0.357. The zero-order valence-corrected chi connectivity index (χ0v) is 10.9. The van der Waals surface area contributed by atoms with Crippen LogP contribution in [-0.4, -0.2) is 22.0 Å². The molecular formula is C14H16N2O3. The summed E-state index contributed by atoms with van der Waals surface area (Å²) in [6.45, 7) is 0. The smallest absolute Gasteiger partial charge is 0.130 e. The van der Waals surface area contributed by atoms with Crippen molar-refractivity contribution >= 4 is 0 Å². The first-order chi connectivity index (χ1) is 9.17. The van der Waals surface area contributed by atoms with Crippen molar-refractivity contribution in [2.24, 2.45) is 7.05 Å². The van der Waals surface area contributed by atoms with Gasteiger partial charge in [0, 0.05) is 36.9 Å². The van der Waals surface area contributed by atoms with Crippen LogP contribution >= 0.6 is 0 Å². The van der Waals surface area contributed by atoms with E-state index in [1.54, 1.807) is 24.1 Å².